The van der Waals surface area contributed by atoms with Crippen LogP contribution in [0, 0.1) is 16.7 Å². The van der Waals surface area contributed by atoms with Crippen molar-refractivity contribution in [3.05, 3.63) is 34.5 Å². The molecular weight excluding hydrogens is 362 g/mol. The fraction of sp³-hybridized carbons (Fsp3) is 0.450. The molecule has 0 bridgehead atoms. The minimum Gasteiger partial charge on any atom is -0.503 e. The van der Waals surface area contributed by atoms with E-state index in [1.54, 1.807) is 13.8 Å². The maximum absolute atomic E-state index is 12.9. The van der Waals surface area contributed by atoms with Crippen molar-refractivity contribution < 1.29 is 24.2 Å². The second kappa shape index (κ2) is 7.80. The molecule has 8 heteroatoms. The average molecular weight is 387 g/mol. The number of esters is 1. The number of methoxy groups -OCH3 is 1. The Balaban J connectivity index is 2.52. The van der Waals surface area contributed by atoms with E-state index < -0.39 is 18.0 Å². The predicted molar refractivity (Wildman–Crippen MR) is 101 cm³/mol. The number of nitrogens with zero attached hydrogens (tertiary/aromatic N) is 1. The standard InChI is InChI=1S/C20H25N3O5/c1-10-15(18(25)28-11(2)20(3,4)5)16(23-19(26)22-10)12-7-13(9-21)17(24)14(8-12)27-6/h7-8,11,16,24H,1-6H3,(H2,22,23,26). The highest BCUT2D eigenvalue weighted by Crippen LogP contribution is 2.37. The van der Waals surface area contributed by atoms with Crippen LogP contribution in [0.3, 0.4) is 0 Å². The van der Waals surface area contributed by atoms with Crippen LogP contribution < -0.4 is 15.4 Å². The van der Waals surface area contributed by atoms with Crippen molar-refractivity contribution in [3.8, 4) is 17.6 Å². The summed E-state index contributed by atoms with van der Waals surface area (Å²) in [7, 11) is 1.35. The molecule has 2 atom stereocenters. The van der Waals surface area contributed by atoms with Gasteiger partial charge in [0.25, 0.3) is 0 Å². The van der Waals surface area contributed by atoms with E-state index in [0.29, 0.717) is 11.3 Å². The lowest BCUT2D eigenvalue weighted by molar-refractivity contribution is -0.149. The van der Waals surface area contributed by atoms with E-state index in [-0.39, 0.29) is 34.2 Å². The third-order valence-corrected chi connectivity index (χ3v) is 4.76. The number of phenolic OH excluding ortho intramolecular Hbond substituents is 1. The SMILES string of the molecule is COc1cc(C2NC(=O)NC(C)=C2C(=O)OC(C)C(C)(C)C)cc(C#N)c1O. The molecule has 150 valence electrons. The molecule has 8 nitrogen and oxygen atoms in total. The third-order valence-electron chi connectivity index (χ3n) is 4.76. The number of phenols is 1. The highest BCUT2D eigenvalue weighted by atomic mass is 16.5. The number of hydrogen-bond donors (Lipinski definition) is 3. The number of hydrogen-bond acceptors (Lipinski definition) is 6. The van der Waals surface area contributed by atoms with Gasteiger partial charge in [-0.2, -0.15) is 5.26 Å². The number of carbonyl (C=O) groups excluding carboxylic acids is 2. The van der Waals surface area contributed by atoms with Crippen LogP contribution in [-0.4, -0.2) is 30.3 Å². The second-order valence-corrected chi connectivity index (χ2v) is 7.71. The molecule has 0 aromatic heterocycles. The number of ether oxygens (including phenoxy) is 2. The first-order chi connectivity index (χ1) is 13.0. The number of allylic oxidation sites excluding steroid dienone is 1. The Hall–Kier alpha value is -3.21. The molecule has 1 aromatic rings. The van der Waals surface area contributed by atoms with Crippen LogP contribution in [0.5, 0.6) is 11.5 Å². The molecule has 2 unspecified atom stereocenters. The van der Waals surface area contributed by atoms with E-state index >= 15 is 0 Å². The van der Waals surface area contributed by atoms with Gasteiger partial charge >= 0.3 is 12.0 Å². The Morgan fingerprint density at radius 2 is 2.00 bits per heavy atom. The highest BCUT2D eigenvalue weighted by Gasteiger charge is 2.35. The van der Waals surface area contributed by atoms with E-state index in [1.165, 1.54) is 19.2 Å². The molecule has 2 rings (SSSR count). The summed E-state index contributed by atoms with van der Waals surface area (Å²) in [6.07, 6.45) is -0.373. The lowest BCUT2D eigenvalue weighted by Gasteiger charge is -2.32. The van der Waals surface area contributed by atoms with E-state index in [2.05, 4.69) is 10.6 Å². The molecule has 1 aromatic carbocycles. The number of amides is 2. The molecule has 1 heterocycles. The number of carbonyl (C=O) groups is 2. The summed E-state index contributed by atoms with van der Waals surface area (Å²) in [5.74, 6) is -0.821. The summed E-state index contributed by atoms with van der Waals surface area (Å²) in [5.41, 5.74) is 0.685. The molecule has 0 spiro atoms. The van der Waals surface area contributed by atoms with Crippen molar-refractivity contribution in [2.24, 2.45) is 5.41 Å². The van der Waals surface area contributed by atoms with Gasteiger partial charge in [-0.1, -0.05) is 20.8 Å². The topological polar surface area (TPSA) is 121 Å². The van der Waals surface area contributed by atoms with E-state index in [9.17, 15) is 20.0 Å². The predicted octanol–water partition coefficient (Wildman–Crippen LogP) is 2.88. The summed E-state index contributed by atoms with van der Waals surface area (Å²) < 4.78 is 10.7. The number of benzene rings is 1. The zero-order valence-electron chi connectivity index (χ0n) is 16.8. The first-order valence-corrected chi connectivity index (χ1v) is 8.79. The van der Waals surface area contributed by atoms with Crippen molar-refractivity contribution in [3.63, 3.8) is 0 Å². The maximum atomic E-state index is 12.9. The van der Waals surface area contributed by atoms with Crippen molar-refractivity contribution >= 4 is 12.0 Å². The van der Waals surface area contributed by atoms with E-state index in [1.807, 2.05) is 26.8 Å². The Morgan fingerprint density at radius 1 is 1.36 bits per heavy atom. The lowest BCUT2D eigenvalue weighted by Crippen LogP contribution is -2.46. The number of aromatic hydroxyl groups is 1. The lowest BCUT2D eigenvalue weighted by atomic mass is 9.90. The first-order valence-electron chi connectivity index (χ1n) is 8.79. The zero-order chi connectivity index (χ0) is 21.2. The number of rotatable bonds is 4. The Kier molecular flexibility index (Phi) is 5.88. The molecule has 0 saturated heterocycles. The van der Waals surface area contributed by atoms with Gasteiger partial charge in [0.15, 0.2) is 11.5 Å². The van der Waals surface area contributed by atoms with Crippen LogP contribution in [-0.2, 0) is 9.53 Å². The van der Waals surface area contributed by atoms with Crippen molar-refractivity contribution in [2.45, 2.75) is 46.8 Å². The molecule has 0 fully saturated rings. The average Bonchev–Trinajstić information content (AvgIpc) is 2.60. The molecular formula is C20H25N3O5. The van der Waals surface area contributed by atoms with Gasteiger partial charge in [0.1, 0.15) is 12.2 Å². The molecule has 0 saturated carbocycles. The normalized spacial score (nSPS) is 17.9. The second-order valence-electron chi connectivity index (χ2n) is 7.71. The third kappa shape index (κ3) is 4.19. The van der Waals surface area contributed by atoms with Crippen LogP contribution in [0.1, 0.15) is 51.8 Å². The van der Waals surface area contributed by atoms with Gasteiger partial charge in [0.2, 0.25) is 0 Å². The van der Waals surface area contributed by atoms with Gasteiger partial charge < -0.3 is 25.2 Å². The molecule has 1 aliphatic heterocycles. The highest BCUT2D eigenvalue weighted by molar-refractivity contribution is 5.95. The van der Waals surface area contributed by atoms with E-state index in [0.717, 1.165) is 0 Å². The van der Waals surface area contributed by atoms with Gasteiger partial charge in [-0.25, -0.2) is 9.59 Å². The summed E-state index contributed by atoms with van der Waals surface area (Å²) in [6, 6.07) is 3.40. The maximum Gasteiger partial charge on any atom is 0.338 e. The molecule has 0 radical (unpaired) electrons. The Bertz CT molecular complexity index is 877. The summed E-state index contributed by atoms with van der Waals surface area (Å²) >= 11 is 0. The van der Waals surface area contributed by atoms with Gasteiger partial charge in [-0.3, -0.25) is 0 Å². The molecule has 1 aliphatic rings. The van der Waals surface area contributed by atoms with E-state index in [4.69, 9.17) is 9.47 Å². The number of nitriles is 1. The first kappa shape index (κ1) is 21.1. The van der Waals surface area contributed by atoms with Crippen LogP contribution in [0.4, 0.5) is 4.79 Å². The van der Waals surface area contributed by atoms with Crippen molar-refractivity contribution in [2.75, 3.05) is 7.11 Å². The molecule has 0 aliphatic carbocycles. The van der Waals surface area contributed by atoms with Crippen LogP contribution in [0.2, 0.25) is 0 Å². The van der Waals surface area contributed by atoms with Crippen LogP contribution in [0.25, 0.3) is 0 Å². The fourth-order valence-electron chi connectivity index (χ4n) is 2.65. The van der Waals surface area contributed by atoms with Crippen molar-refractivity contribution in [1.82, 2.24) is 10.6 Å². The minimum atomic E-state index is -0.866. The van der Waals surface area contributed by atoms with Crippen molar-refractivity contribution in [1.29, 1.82) is 5.26 Å². The molecule has 2 amide bonds. The number of urea groups is 1. The van der Waals surface area contributed by atoms with Gasteiger partial charge in [-0.15, -0.1) is 0 Å². The van der Waals surface area contributed by atoms with Crippen LogP contribution in [0.15, 0.2) is 23.4 Å². The Morgan fingerprint density at radius 3 is 2.54 bits per heavy atom. The van der Waals surface area contributed by atoms with Gasteiger partial charge in [-0.05, 0) is 37.0 Å². The smallest absolute Gasteiger partial charge is 0.338 e. The monoisotopic (exact) mass is 387 g/mol. The quantitative estimate of drug-likeness (QED) is 0.683. The summed E-state index contributed by atoms with van der Waals surface area (Å²) in [6.45, 7) is 9.26. The molecule has 28 heavy (non-hydrogen) atoms. The zero-order valence-corrected chi connectivity index (χ0v) is 16.8. The minimum absolute atomic E-state index is 0.0319. The Labute approximate surface area is 164 Å². The van der Waals surface area contributed by atoms with Gasteiger partial charge in [0.05, 0.1) is 24.3 Å². The van der Waals surface area contributed by atoms with Gasteiger partial charge in [0, 0.05) is 5.70 Å². The number of nitrogens with one attached hydrogen (secondary N) is 2. The largest absolute Gasteiger partial charge is 0.503 e. The summed E-state index contributed by atoms with van der Waals surface area (Å²) in [5, 5.41) is 24.6. The summed E-state index contributed by atoms with van der Waals surface area (Å²) in [4.78, 5) is 24.9. The van der Waals surface area contributed by atoms with Crippen LogP contribution >= 0.6 is 0 Å². The molecule has 3 N–H and O–H groups in total. The fourth-order valence-corrected chi connectivity index (χ4v) is 2.65.